The molecule has 1 N–H and O–H groups in total. The molecule has 0 bridgehead atoms. The number of nitrogens with zero attached hydrogens (tertiary/aromatic N) is 2. The van der Waals surface area contributed by atoms with Crippen LogP contribution in [0.25, 0.3) is 0 Å². The summed E-state index contributed by atoms with van der Waals surface area (Å²) in [6, 6.07) is 8.82. The van der Waals surface area contributed by atoms with Gasteiger partial charge in [-0.05, 0) is 42.3 Å². The van der Waals surface area contributed by atoms with Crippen LogP contribution in [0.15, 0.2) is 46.9 Å². The highest BCUT2D eigenvalue weighted by atomic mass is 79.9. The van der Waals surface area contributed by atoms with Gasteiger partial charge in [-0.1, -0.05) is 22.0 Å². The molecule has 1 aliphatic rings. The van der Waals surface area contributed by atoms with Crippen LogP contribution < -0.4 is 5.32 Å². The van der Waals surface area contributed by atoms with Crippen LogP contribution in [0, 0.1) is 15.9 Å². The van der Waals surface area contributed by atoms with Crippen molar-refractivity contribution >= 4 is 33.6 Å². The number of hydrogen-bond acceptors (Lipinski definition) is 4. The van der Waals surface area contributed by atoms with E-state index >= 15 is 0 Å². The van der Waals surface area contributed by atoms with Crippen molar-refractivity contribution in [3.05, 3.63) is 74.0 Å². The van der Waals surface area contributed by atoms with Crippen LogP contribution in [0.5, 0.6) is 0 Å². The first-order valence-corrected chi connectivity index (χ1v) is 8.34. The molecule has 1 heterocycles. The Kier molecular flexibility index (Phi) is 4.49. The van der Waals surface area contributed by atoms with Crippen LogP contribution in [-0.2, 0) is 16.9 Å². The molecule has 0 saturated carbocycles. The highest BCUT2D eigenvalue weighted by Gasteiger charge is 2.49. The second-order valence-corrected chi connectivity index (χ2v) is 6.84. The van der Waals surface area contributed by atoms with Crippen molar-refractivity contribution in [2.75, 3.05) is 0 Å². The molecule has 0 spiro atoms. The van der Waals surface area contributed by atoms with Crippen LogP contribution in [0.3, 0.4) is 0 Å². The minimum absolute atomic E-state index is 0.0336. The van der Waals surface area contributed by atoms with Gasteiger partial charge in [-0.25, -0.2) is 9.18 Å². The summed E-state index contributed by atoms with van der Waals surface area (Å²) in [5, 5.41) is 13.4. The molecule has 1 atom stereocenters. The number of carbonyl (C=O) groups is 2. The molecule has 9 heteroatoms. The van der Waals surface area contributed by atoms with E-state index in [0.29, 0.717) is 15.6 Å². The van der Waals surface area contributed by atoms with Gasteiger partial charge in [-0.15, -0.1) is 0 Å². The van der Waals surface area contributed by atoms with E-state index in [1.54, 1.807) is 0 Å². The van der Waals surface area contributed by atoms with Crippen LogP contribution in [0.4, 0.5) is 14.9 Å². The fourth-order valence-corrected chi connectivity index (χ4v) is 3.25. The Hall–Kier alpha value is -2.81. The van der Waals surface area contributed by atoms with E-state index in [4.69, 9.17) is 0 Å². The molecule has 0 radical (unpaired) electrons. The van der Waals surface area contributed by atoms with Crippen molar-refractivity contribution in [3.63, 3.8) is 0 Å². The lowest BCUT2D eigenvalue weighted by Crippen LogP contribution is -2.40. The number of amides is 3. The van der Waals surface area contributed by atoms with Gasteiger partial charge in [0.25, 0.3) is 11.6 Å². The van der Waals surface area contributed by atoms with E-state index in [0.717, 1.165) is 4.90 Å². The van der Waals surface area contributed by atoms with Crippen molar-refractivity contribution in [1.82, 2.24) is 10.2 Å². The topological polar surface area (TPSA) is 92.6 Å². The second-order valence-electron chi connectivity index (χ2n) is 5.99. The van der Waals surface area contributed by atoms with Gasteiger partial charge in [0.2, 0.25) is 0 Å². The fourth-order valence-electron chi connectivity index (χ4n) is 2.77. The molecule has 3 amide bonds. The Morgan fingerprint density at radius 3 is 2.46 bits per heavy atom. The molecule has 0 aromatic heterocycles. The van der Waals surface area contributed by atoms with E-state index in [-0.39, 0.29) is 12.2 Å². The average molecular weight is 422 g/mol. The van der Waals surface area contributed by atoms with Crippen molar-refractivity contribution in [2.24, 2.45) is 0 Å². The van der Waals surface area contributed by atoms with Gasteiger partial charge in [0, 0.05) is 16.6 Å². The third-order valence-electron chi connectivity index (χ3n) is 4.27. The normalized spacial score (nSPS) is 19.6. The lowest BCUT2D eigenvalue weighted by molar-refractivity contribution is -0.384. The van der Waals surface area contributed by atoms with E-state index in [2.05, 4.69) is 21.2 Å². The van der Waals surface area contributed by atoms with Gasteiger partial charge >= 0.3 is 6.03 Å². The Morgan fingerprint density at radius 2 is 1.88 bits per heavy atom. The SMILES string of the molecule is C[C@@]1(c2ccc([N+](=O)[O-])cc2)NC(=O)N(Cc2ccc(F)cc2Br)C1=O. The minimum Gasteiger partial charge on any atom is -0.319 e. The van der Waals surface area contributed by atoms with Gasteiger partial charge in [0.05, 0.1) is 11.5 Å². The summed E-state index contributed by atoms with van der Waals surface area (Å²) >= 11 is 3.22. The number of imide groups is 1. The predicted octanol–water partition coefficient (Wildman–Crippen LogP) is 3.46. The zero-order valence-electron chi connectivity index (χ0n) is 13.5. The van der Waals surface area contributed by atoms with E-state index in [1.807, 2.05) is 0 Å². The Bertz CT molecular complexity index is 919. The van der Waals surface area contributed by atoms with Gasteiger partial charge in [0.15, 0.2) is 0 Å². The molecule has 26 heavy (non-hydrogen) atoms. The summed E-state index contributed by atoms with van der Waals surface area (Å²) in [7, 11) is 0. The van der Waals surface area contributed by atoms with Crippen LogP contribution >= 0.6 is 15.9 Å². The van der Waals surface area contributed by atoms with Crippen molar-refractivity contribution in [3.8, 4) is 0 Å². The number of nitro groups is 1. The number of carbonyl (C=O) groups excluding carboxylic acids is 2. The molecule has 1 aliphatic heterocycles. The van der Waals surface area contributed by atoms with Gasteiger partial charge in [0.1, 0.15) is 11.4 Å². The third kappa shape index (κ3) is 3.05. The number of nitro benzene ring substituents is 1. The van der Waals surface area contributed by atoms with Crippen LogP contribution in [0.1, 0.15) is 18.1 Å². The first-order chi connectivity index (χ1) is 12.2. The number of hydrogen-bond donors (Lipinski definition) is 1. The highest BCUT2D eigenvalue weighted by molar-refractivity contribution is 9.10. The smallest absolute Gasteiger partial charge is 0.319 e. The molecule has 1 saturated heterocycles. The predicted molar refractivity (Wildman–Crippen MR) is 93.6 cm³/mol. The van der Waals surface area contributed by atoms with Crippen molar-refractivity contribution in [1.29, 1.82) is 0 Å². The molecule has 3 rings (SSSR count). The molecule has 1 fully saturated rings. The summed E-state index contributed by atoms with van der Waals surface area (Å²) in [5.41, 5.74) is -0.440. The summed E-state index contributed by atoms with van der Waals surface area (Å²) in [6.07, 6.45) is 0. The first kappa shape index (κ1) is 18.0. The van der Waals surface area contributed by atoms with Crippen molar-refractivity contribution in [2.45, 2.75) is 19.0 Å². The Labute approximate surface area is 156 Å². The largest absolute Gasteiger partial charge is 0.325 e. The molecular formula is C17H13BrFN3O4. The highest BCUT2D eigenvalue weighted by Crippen LogP contribution is 2.31. The fraction of sp³-hybridized carbons (Fsp3) is 0.176. The lowest BCUT2D eigenvalue weighted by Gasteiger charge is -2.22. The van der Waals surface area contributed by atoms with Crippen molar-refractivity contribution < 1.29 is 18.9 Å². The van der Waals surface area contributed by atoms with Gasteiger partial charge < -0.3 is 5.32 Å². The number of rotatable bonds is 4. The Morgan fingerprint density at radius 1 is 1.23 bits per heavy atom. The maximum atomic E-state index is 13.2. The zero-order chi connectivity index (χ0) is 19.1. The average Bonchev–Trinajstić information content (AvgIpc) is 2.81. The second kappa shape index (κ2) is 6.49. The molecule has 0 aliphatic carbocycles. The first-order valence-electron chi connectivity index (χ1n) is 7.55. The number of benzene rings is 2. The van der Waals surface area contributed by atoms with E-state index < -0.39 is 28.2 Å². The summed E-state index contributed by atoms with van der Waals surface area (Å²) < 4.78 is 13.7. The van der Waals surface area contributed by atoms with Gasteiger partial charge in [-0.3, -0.25) is 19.8 Å². The molecular weight excluding hydrogens is 409 g/mol. The van der Waals surface area contributed by atoms with Gasteiger partial charge in [-0.2, -0.15) is 0 Å². The van der Waals surface area contributed by atoms with E-state index in [1.165, 1.54) is 49.4 Å². The van der Waals surface area contributed by atoms with Crippen LogP contribution in [0.2, 0.25) is 0 Å². The molecule has 0 unspecified atom stereocenters. The minimum atomic E-state index is -1.33. The standard InChI is InChI=1S/C17H13BrFN3O4/c1-17(11-3-6-13(7-4-11)22(25)26)15(23)21(16(24)20-17)9-10-2-5-12(19)8-14(10)18/h2-8H,9H2,1H3,(H,20,24)/t17-/m0/s1. The molecule has 2 aromatic carbocycles. The maximum Gasteiger partial charge on any atom is 0.325 e. The summed E-state index contributed by atoms with van der Waals surface area (Å²) in [6.45, 7) is 1.50. The zero-order valence-corrected chi connectivity index (χ0v) is 15.1. The van der Waals surface area contributed by atoms with Crippen LogP contribution in [-0.4, -0.2) is 21.8 Å². The quantitative estimate of drug-likeness (QED) is 0.464. The number of nitrogens with one attached hydrogen (secondary N) is 1. The molecule has 2 aromatic rings. The number of urea groups is 1. The monoisotopic (exact) mass is 421 g/mol. The summed E-state index contributed by atoms with van der Waals surface area (Å²) in [4.78, 5) is 36.4. The van der Waals surface area contributed by atoms with E-state index in [9.17, 15) is 24.1 Å². The lowest BCUT2D eigenvalue weighted by atomic mass is 9.92. The number of non-ortho nitro benzene ring substituents is 1. The molecule has 134 valence electrons. The maximum absolute atomic E-state index is 13.2. The summed E-state index contributed by atoms with van der Waals surface area (Å²) in [5.74, 6) is -0.930. The third-order valence-corrected chi connectivity index (χ3v) is 5.01. The molecule has 7 nitrogen and oxygen atoms in total. The Balaban J connectivity index is 1.88. The number of halogens is 2.